The molecule has 1 aliphatic heterocycles. The third kappa shape index (κ3) is 2.08. The van der Waals surface area contributed by atoms with E-state index in [1.807, 2.05) is 24.3 Å². The Kier molecular flexibility index (Phi) is 3.44. The number of carbonyl (C=O) groups is 1. The van der Waals surface area contributed by atoms with E-state index in [9.17, 15) is 4.79 Å². The maximum Gasteiger partial charge on any atom is 0.360 e. The van der Waals surface area contributed by atoms with E-state index in [1.165, 1.54) is 0 Å². The Morgan fingerprint density at radius 3 is 3.05 bits per heavy atom. The minimum Gasteiger partial charge on any atom is -0.461 e. The molecule has 0 aliphatic carbocycles. The fourth-order valence-electron chi connectivity index (χ4n) is 2.58. The Hall–Kier alpha value is -1.88. The minimum atomic E-state index is -0.409. The molecule has 0 fully saturated rings. The Balaban J connectivity index is 1.96. The molecule has 0 spiro atoms. The van der Waals surface area contributed by atoms with Gasteiger partial charge in [0.2, 0.25) is 0 Å². The van der Waals surface area contributed by atoms with E-state index in [2.05, 4.69) is 10.3 Å². The maximum atomic E-state index is 11.8. The van der Waals surface area contributed by atoms with Crippen LogP contribution in [-0.2, 0) is 11.2 Å². The van der Waals surface area contributed by atoms with Gasteiger partial charge in [0, 0.05) is 5.02 Å². The van der Waals surface area contributed by atoms with E-state index in [-0.39, 0.29) is 6.04 Å². The Morgan fingerprint density at radius 1 is 1.50 bits per heavy atom. The van der Waals surface area contributed by atoms with Crippen LogP contribution in [0.1, 0.15) is 41.1 Å². The predicted octanol–water partition coefficient (Wildman–Crippen LogP) is 2.64. The van der Waals surface area contributed by atoms with Crippen LogP contribution in [0.5, 0.6) is 0 Å². The first-order valence-electron chi connectivity index (χ1n) is 6.58. The van der Waals surface area contributed by atoms with Crippen molar-refractivity contribution in [1.29, 1.82) is 0 Å². The van der Waals surface area contributed by atoms with Crippen LogP contribution in [0.25, 0.3) is 0 Å². The first-order chi connectivity index (χ1) is 9.72. The van der Waals surface area contributed by atoms with Crippen LogP contribution in [0.2, 0.25) is 5.02 Å². The van der Waals surface area contributed by atoms with Gasteiger partial charge in [-0.2, -0.15) is 0 Å². The first kappa shape index (κ1) is 13.1. The molecule has 20 heavy (non-hydrogen) atoms. The minimum absolute atomic E-state index is 0.0365. The summed E-state index contributed by atoms with van der Waals surface area (Å²) in [5.41, 5.74) is 2.16. The van der Waals surface area contributed by atoms with Crippen molar-refractivity contribution in [3.63, 3.8) is 0 Å². The lowest BCUT2D eigenvalue weighted by molar-refractivity contribution is 0.0518. The molecule has 3 rings (SSSR count). The number of ether oxygens (including phenoxy) is 1. The maximum absolute atomic E-state index is 11.8. The number of halogens is 1. The number of fused-ring (bicyclic) bond motifs is 1. The number of carbonyl (C=O) groups excluding carboxylic acids is 1. The van der Waals surface area contributed by atoms with Crippen LogP contribution >= 0.6 is 11.6 Å². The summed E-state index contributed by atoms with van der Waals surface area (Å²) in [7, 11) is 0. The Labute approximate surface area is 121 Å². The van der Waals surface area contributed by atoms with Crippen molar-refractivity contribution in [2.75, 3.05) is 6.61 Å². The number of nitrogens with zero attached hydrogens (tertiary/aromatic N) is 3. The molecule has 104 valence electrons. The van der Waals surface area contributed by atoms with Crippen LogP contribution in [0.3, 0.4) is 0 Å². The molecule has 1 aromatic heterocycles. The van der Waals surface area contributed by atoms with Crippen LogP contribution < -0.4 is 0 Å². The summed E-state index contributed by atoms with van der Waals surface area (Å²) in [4.78, 5) is 11.8. The van der Waals surface area contributed by atoms with Crippen LogP contribution in [-0.4, -0.2) is 27.6 Å². The van der Waals surface area contributed by atoms with Crippen molar-refractivity contribution < 1.29 is 9.53 Å². The number of rotatable bonds is 3. The average Bonchev–Trinajstić information content (AvgIpc) is 3.01. The second-order valence-electron chi connectivity index (χ2n) is 4.63. The van der Waals surface area contributed by atoms with Gasteiger partial charge in [0.15, 0.2) is 5.69 Å². The van der Waals surface area contributed by atoms with E-state index >= 15 is 0 Å². The third-order valence-electron chi connectivity index (χ3n) is 3.47. The molecule has 0 radical (unpaired) electrons. The van der Waals surface area contributed by atoms with Gasteiger partial charge in [0.25, 0.3) is 0 Å². The van der Waals surface area contributed by atoms with Crippen molar-refractivity contribution in [2.45, 2.75) is 25.8 Å². The highest BCUT2D eigenvalue weighted by Gasteiger charge is 2.32. The lowest BCUT2D eigenvalue weighted by atomic mass is 10.0. The topological polar surface area (TPSA) is 57.0 Å². The monoisotopic (exact) mass is 291 g/mol. The number of aromatic nitrogens is 3. The fraction of sp³-hybridized carbons (Fsp3) is 0.357. The lowest BCUT2D eigenvalue weighted by Crippen LogP contribution is -2.09. The van der Waals surface area contributed by atoms with Gasteiger partial charge >= 0.3 is 5.97 Å². The van der Waals surface area contributed by atoms with Gasteiger partial charge in [-0.15, -0.1) is 5.10 Å². The number of hydrogen-bond donors (Lipinski definition) is 0. The summed E-state index contributed by atoms with van der Waals surface area (Å²) in [6, 6.07) is 7.72. The molecule has 5 nitrogen and oxygen atoms in total. The molecule has 1 aliphatic rings. The van der Waals surface area contributed by atoms with Gasteiger partial charge in [-0.3, -0.25) is 0 Å². The molecule has 1 atom stereocenters. The van der Waals surface area contributed by atoms with E-state index in [0.29, 0.717) is 17.3 Å². The fourth-order valence-corrected chi connectivity index (χ4v) is 2.84. The van der Waals surface area contributed by atoms with Gasteiger partial charge in [-0.1, -0.05) is 35.0 Å². The highest BCUT2D eigenvalue weighted by Crippen LogP contribution is 2.35. The SMILES string of the molecule is CCOC(=O)c1nnn2c1CCC2c1ccccc1Cl. The molecule has 2 heterocycles. The van der Waals surface area contributed by atoms with E-state index in [4.69, 9.17) is 16.3 Å². The van der Waals surface area contributed by atoms with Crippen LogP contribution in [0.4, 0.5) is 0 Å². The summed E-state index contributed by atoms with van der Waals surface area (Å²) >= 11 is 6.24. The van der Waals surface area contributed by atoms with Gasteiger partial charge in [-0.05, 0) is 31.4 Å². The van der Waals surface area contributed by atoms with Crippen LogP contribution in [0, 0.1) is 0 Å². The Morgan fingerprint density at radius 2 is 2.30 bits per heavy atom. The molecule has 0 N–H and O–H groups in total. The van der Waals surface area contributed by atoms with Crippen LogP contribution in [0.15, 0.2) is 24.3 Å². The zero-order valence-corrected chi connectivity index (χ0v) is 11.8. The quantitative estimate of drug-likeness (QED) is 0.816. The predicted molar refractivity (Wildman–Crippen MR) is 73.9 cm³/mol. The zero-order chi connectivity index (χ0) is 14.1. The molecule has 0 saturated heterocycles. The van der Waals surface area contributed by atoms with E-state index in [0.717, 1.165) is 24.1 Å². The van der Waals surface area contributed by atoms with E-state index in [1.54, 1.807) is 11.6 Å². The van der Waals surface area contributed by atoms with Crippen molar-refractivity contribution >= 4 is 17.6 Å². The normalized spacial score (nSPS) is 17.0. The molecule has 1 unspecified atom stereocenters. The summed E-state index contributed by atoms with van der Waals surface area (Å²) in [6.45, 7) is 2.10. The Bertz CT molecular complexity index is 654. The second-order valence-corrected chi connectivity index (χ2v) is 5.03. The molecule has 0 amide bonds. The van der Waals surface area contributed by atoms with E-state index < -0.39 is 5.97 Å². The molecule has 2 aromatic rings. The van der Waals surface area contributed by atoms with Gasteiger partial charge in [0.05, 0.1) is 18.3 Å². The van der Waals surface area contributed by atoms with Gasteiger partial charge in [0.1, 0.15) is 0 Å². The number of esters is 1. The van der Waals surface area contributed by atoms with Crippen molar-refractivity contribution in [1.82, 2.24) is 15.0 Å². The lowest BCUT2D eigenvalue weighted by Gasteiger charge is -2.12. The standard InChI is InChI=1S/C14H14ClN3O2/c1-2-20-14(19)13-12-8-7-11(18(12)17-16-13)9-5-3-4-6-10(9)15/h3-6,11H,2,7-8H2,1H3. The molecular weight excluding hydrogens is 278 g/mol. The van der Waals surface area contributed by atoms with Gasteiger partial charge < -0.3 is 4.74 Å². The van der Waals surface area contributed by atoms with Crippen molar-refractivity contribution in [3.8, 4) is 0 Å². The van der Waals surface area contributed by atoms with Crippen molar-refractivity contribution in [3.05, 3.63) is 46.2 Å². The molecule has 1 aromatic carbocycles. The summed E-state index contributed by atoms with van der Waals surface area (Å²) in [5.74, 6) is -0.409. The van der Waals surface area contributed by atoms with Gasteiger partial charge in [-0.25, -0.2) is 9.48 Å². The molecule has 0 bridgehead atoms. The summed E-state index contributed by atoms with van der Waals surface area (Å²) in [6.07, 6.45) is 1.61. The largest absolute Gasteiger partial charge is 0.461 e. The molecule has 0 saturated carbocycles. The zero-order valence-electron chi connectivity index (χ0n) is 11.0. The smallest absolute Gasteiger partial charge is 0.360 e. The summed E-state index contributed by atoms with van der Waals surface area (Å²) < 4.78 is 6.78. The number of benzene rings is 1. The second kappa shape index (κ2) is 5.25. The average molecular weight is 292 g/mol. The highest BCUT2D eigenvalue weighted by molar-refractivity contribution is 6.31. The first-order valence-corrected chi connectivity index (χ1v) is 6.95. The molecule has 6 heteroatoms. The highest BCUT2D eigenvalue weighted by atomic mass is 35.5. The van der Waals surface area contributed by atoms with Crippen molar-refractivity contribution in [2.24, 2.45) is 0 Å². The third-order valence-corrected chi connectivity index (χ3v) is 3.82. The molecular formula is C14H14ClN3O2. The summed E-state index contributed by atoms with van der Waals surface area (Å²) in [5, 5.41) is 8.77. The number of hydrogen-bond acceptors (Lipinski definition) is 4.